The monoisotopic (exact) mass is 430 g/mol. The Morgan fingerprint density at radius 2 is 1.62 bits per heavy atom. The van der Waals surface area contributed by atoms with Crippen LogP contribution >= 0.6 is 23.4 Å². The van der Waals surface area contributed by atoms with Crippen molar-refractivity contribution >= 4 is 23.4 Å². The Bertz CT molecular complexity index is 1110. The first-order valence-corrected chi connectivity index (χ1v) is 9.79. The minimum absolute atomic E-state index is 0.354. The van der Waals surface area contributed by atoms with Gasteiger partial charge in [-0.2, -0.15) is 0 Å². The molecule has 4 rings (SSSR count). The lowest BCUT2D eigenvalue weighted by atomic mass is 10.2. The first-order valence-electron chi connectivity index (χ1n) is 8.43. The number of aromatic nitrogens is 4. The van der Waals surface area contributed by atoms with Gasteiger partial charge in [-0.05, 0) is 24.3 Å². The number of nitrogens with zero attached hydrogens (tertiary/aromatic N) is 4. The Morgan fingerprint density at radius 1 is 0.897 bits per heavy atom. The highest BCUT2D eigenvalue weighted by Crippen LogP contribution is 2.32. The maximum atomic E-state index is 6.16. The fourth-order valence-corrected chi connectivity index (χ4v) is 3.31. The van der Waals surface area contributed by atoms with E-state index in [-0.39, 0.29) is 0 Å². The van der Waals surface area contributed by atoms with E-state index in [1.807, 2.05) is 18.2 Å². The number of methoxy groups -OCH3 is 2. The van der Waals surface area contributed by atoms with Gasteiger partial charge in [0.2, 0.25) is 17.7 Å². The molecule has 0 atom stereocenters. The molecular weight excluding hydrogens is 416 g/mol. The van der Waals surface area contributed by atoms with Crippen LogP contribution in [-0.4, -0.2) is 34.6 Å². The van der Waals surface area contributed by atoms with Gasteiger partial charge in [0.15, 0.2) is 0 Å². The second-order valence-corrected chi connectivity index (χ2v) is 7.08. The maximum absolute atomic E-state index is 6.16. The Labute approximate surface area is 175 Å². The van der Waals surface area contributed by atoms with Gasteiger partial charge in [-0.15, -0.1) is 20.4 Å². The fourth-order valence-electron chi connectivity index (χ4n) is 2.49. The van der Waals surface area contributed by atoms with E-state index in [9.17, 15) is 0 Å². The highest BCUT2D eigenvalue weighted by atomic mass is 35.5. The average molecular weight is 431 g/mol. The molecular formula is C19H15ClN4O4S. The van der Waals surface area contributed by atoms with E-state index < -0.39 is 0 Å². The Morgan fingerprint density at radius 3 is 2.34 bits per heavy atom. The van der Waals surface area contributed by atoms with Crippen LogP contribution < -0.4 is 9.47 Å². The summed E-state index contributed by atoms with van der Waals surface area (Å²) in [7, 11) is 3.16. The van der Waals surface area contributed by atoms with Crippen molar-refractivity contribution in [3.8, 4) is 34.4 Å². The molecule has 0 fully saturated rings. The van der Waals surface area contributed by atoms with Gasteiger partial charge in [-0.1, -0.05) is 35.5 Å². The van der Waals surface area contributed by atoms with Crippen molar-refractivity contribution in [2.45, 2.75) is 11.0 Å². The third kappa shape index (κ3) is 4.36. The molecule has 2 aromatic carbocycles. The number of hydrogen-bond acceptors (Lipinski definition) is 9. The van der Waals surface area contributed by atoms with E-state index in [0.29, 0.717) is 56.3 Å². The van der Waals surface area contributed by atoms with Crippen LogP contribution in [0.3, 0.4) is 0 Å². The Hall–Kier alpha value is -3.04. The second-order valence-electron chi connectivity index (χ2n) is 5.74. The molecule has 0 bridgehead atoms. The quantitative estimate of drug-likeness (QED) is 0.384. The molecule has 0 aliphatic carbocycles. The van der Waals surface area contributed by atoms with Crippen LogP contribution in [0.25, 0.3) is 22.9 Å². The zero-order chi connectivity index (χ0) is 20.2. The predicted octanol–water partition coefficient (Wildman–Crippen LogP) is 4.75. The normalized spacial score (nSPS) is 10.9. The molecule has 0 unspecified atom stereocenters. The van der Waals surface area contributed by atoms with Crippen LogP contribution in [0.1, 0.15) is 5.89 Å². The average Bonchev–Trinajstić information content (AvgIpc) is 3.42. The number of hydrogen-bond donors (Lipinski definition) is 0. The first kappa shape index (κ1) is 19.3. The molecule has 2 heterocycles. The van der Waals surface area contributed by atoms with E-state index in [0.717, 1.165) is 0 Å². The topological polar surface area (TPSA) is 96.3 Å². The molecule has 0 saturated carbocycles. The smallest absolute Gasteiger partial charge is 0.277 e. The molecule has 10 heteroatoms. The molecule has 4 aromatic rings. The first-order chi connectivity index (χ1) is 14.2. The molecule has 148 valence electrons. The molecule has 0 N–H and O–H groups in total. The van der Waals surface area contributed by atoms with Gasteiger partial charge in [0, 0.05) is 11.6 Å². The third-order valence-electron chi connectivity index (χ3n) is 3.90. The lowest BCUT2D eigenvalue weighted by Gasteiger charge is -2.05. The molecule has 0 aliphatic heterocycles. The van der Waals surface area contributed by atoms with E-state index in [2.05, 4.69) is 20.4 Å². The van der Waals surface area contributed by atoms with Crippen LogP contribution in [-0.2, 0) is 5.75 Å². The molecule has 2 aromatic heterocycles. The van der Waals surface area contributed by atoms with Gasteiger partial charge in [0.25, 0.3) is 5.22 Å². The maximum Gasteiger partial charge on any atom is 0.277 e. The molecule has 0 spiro atoms. The van der Waals surface area contributed by atoms with E-state index in [1.165, 1.54) is 11.8 Å². The third-order valence-corrected chi connectivity index (χ3v) is 5.03. The van der Waals surface area contributed by atoms with Gasteiger partial charge in [-0.3, -0.25) is 0 Å². The highest BCUT2D eigenvalue weighted by molar-refractivity contribution is 7.98. The zero-order valence-electron chi connectivity index (χ0n) is 15.5. The van der Waals surface area contributed by atoms with E-state index in [1.54, 1.807) is 38.5 Å². The summed E-state index contributed by atoms with van der Waals surface area (Å²) < 4.78 is 21.9. The van der Waals surface area contributed by atoms with Crippen LogP contribution in [0.5, 0.6) is 11.5 Å². The van der Waals surface area contributed by atoms with Crippen LogP contribution in [0.15, 0.2) is 56.5 Å². The molecule has 29 heavy (non-hydrogen) atoms. The largest absolute Gasteiger partial charge is 0.497 e. The zero-order valence-corrected chi connectivity index (χ0v) is 17.0. The summed E-state index contributed by atoms with van der Waals surface area (Å²) in [5, 5.41) is 17.1. The number of ether oxygens (including phenoxy) is 2. The highest BCUT2D eigenvalue weighted by Gasteiger charge is 2.15. The van der Waals surface area contributed by atoms with Crippen molar-refractivity contribution in [1.29, 1.82) is 0 Å². The summed E-state index contributed by atoms with van der Waals surface area (Å²) >= 11 is 7.45. The summed E-state index contributed by atoms with van der Waals surface area (Å²) in [6.07, 6.45) is 0. The second kappa shape index (κ2) is 8.54. The molecule has 0 aliphatic rings. The lowest BCUT2D eigenvalue weighted by molar-refractivity contribution is 0.394. The van der Waals surface area contributed by atoms with Gasteiger partial charge >= 0.3 is 0 Å². The summed E-state index contributed by atoms with van der Waals surface area (Å²) in [6.45, 7) is 0. The van der Waals surface area contributed by atoms with E-state index in [4.69, 9.17) is 29.9 Å². The minimum Gasteiger partial charge on any atom is -0.497 e. The Balaban J connectivity index is 1.46. The van der Waals surface area contributed by atoms with Crippen molar-refractivity contribution in [2.24, 2.45) is 0 Å². The van der Waals surface area contributed by atoms with Gasteiger partial charge in [0.05, 0.1) is 30.6 Å². The number of halogens is 1. The molecule has 8 nitrogen and oxygen atoms in total. The van der Waals surface area contributed by atoms with Gasteiger partial charge in [0.1, 0.15) is 11.5 Å². The number of rotatable bonds is 7. The Kier molecular flexibility index (Phi) is 5.68. The summed E-state index contributed by atoms with van der Waals surface area (Å²) in [5.41, 5.74) is 1.38. The predicted molar refractivity (Wildman–Crippen MR) is 107 cm³/mol. The van der Waals surface area contributed by atoms with Crippen molar-refractivity contribution in [2.75, 3.05) is 14.2 Å². The fraction of sp³-hybridized carbons (Fsp3) is 0.158. The van der Waals surface area contributed by atoms with Gasteiger partial charge in [-0.25, -0.2) is 0 Å². The van der Waals surface area contributed by atoms with Crippen LogP contribution in [0.2, 0.25) is 5.02 Å². The summed E-state index contributed by atoms with van der Waals surface area (Å²) in [6, 6.07) is 12.6. The van der Waals surface area contributed by atoms with Crippen LogP contribution in [0.4, 0.5) is 0 Å². The van der Waals surface area contributed by atoms with Crippen molar-refractivity contribution < 1.29 is 18.3 Å². The molecule has 0 saturated heterocycles. The molecule has 0 radical (unpaired) electrons. The van der Waals surface area contributed by atoms with Crippen molar-refractivity contribution in [1.82, 2.24) is 20.4 Å². The number of thioether (sulfide) groups is 1. The SMILES string of the molecule is COc1cc(OC)cc(-c2nnc(SCc3nnc(-c4ccccc4Cl)o3)o2)c1. The van der Waals surface area contributed by atoms with Crippen LogP contribution in [0, 0.1) is 0 Å². The van der Waals surface area contributed by atoms with Crippen molar-refractivity contribution in [3.05, 3.63) is 53.4 Å². The lowest BCUT2D eigenvalue weighted by Crippen LogP contribution is -1.88. The summed E-state index contributed by atoms with van der Waals surface area (Å²) in [5.74, 6) is 2.77. The number of benzene rings is 2. The van der Waals surface area contributed by atoms with E-state index >= 15 is 0 Å². The standard InChI is InChI=1S/C19H15ClN4O4S/c1-25-12-7-11(8-13(9-12)26-2)17-22-24-19(28-17)29-10-16-21-23-18(27-16)14-5-3-4-6-15(14)20/h3-9H,10H2,1-2H3. The van der Waals surface area contributed by atoms with Gasteiger partial charge < -0.3 is 18.3 Å². The van der Waals surface area contributed by atoms with Crippen molar-refractivity contribution in [3.63, 3.8) is 0 Å². The summed E-state index contributed by atoms with van der Waals surface area (Å²) in [4.78, 5) is 0. The minimum atomic E-state index is 0.354. The molecule has 0 amide bonds.